The smallest absolute Gasteiger partial charge is 0.371 e. The van der Waals surface area contributed by atoms with Gasteiger partial charge in [-0.25, -0.2) is 0 Å². The van der Waals surface area contributed by atoms with E-state index in [0.717, 1.165) is 41.9 Å². The Hall–Kier alpha value is -4.38. The number of amides is 3. The van der Waals surface area contributed by atoms with Crippen LogP contribution < -0.4 is 25.8 Å². The van der Waals surface area contributed by atoms with Crippen LogP contribution in [0.3, 0.4) is 0 Å². The minimum absolute atomic E-state index is 0.00733. The van der Waals surface area contributed by atoms with Crippen LogP contribution >= 0.6 is 0 Å². The van der Waals surface area contributed by atoms with Crippen molar-refractivity contribution in [3.63, 3.8) is 0 Å². The first-order valence-corrected chi connectivity index (χ1v) is 16.6. The van der Waals surface area contributed by atoms with Gasteiger partial charge in [0.1, 0.15) is 0 Å². The maximum absolute atomic E-state index is 14.3. The Morgan fingerprint density at radius 2 is 1.67 bits per heavy atom. The molecular weight excluding hydrogens is 619 g/mol. The van der Waals surface area contributed by atoms with E-state index in [4.69, 9.17) is 0 Å². The van der Waals surface area contributed by atoms with Crippen LogP contribution in [0.5, 0.6) is 0 Å². The lowest BCUT2D eigenvalue weighted by atomic mass is 9.74. The van der Waals surface area contributed by atoms with Gasteiger partial charge in [0.2, 0.25) is 11.8 Å². The zero-order valence-corrected chi connectivity index (χ0v) is 27.4. The molecule has 11 heteroatoms. The number of fused-ring (bicyclic) bond motifs is 1. The van der Waals surface area contributed by atoms with Gasteiger partial charge in [-0.1, -0.05) is 24.3 Å². The number of rotatable bonds is 6. The summed E-state index contributed by atoms with van der Waals surface area (Å²) in [5, 5.41) is 9.25. The molecule has 4 atom stereocenters. The fourth-order valence-corrected chi connectivity index (χ4v) is 7.54. The van der Waals surface area contributed by atoms with E-state index >= 15 is 0 Å². The number of piperidine rings is 3. The van der Waals surface area contributed by atoms with Gasteiger partial charge in [0, 0.05) is 67.3 Å². The third-order valence-electron chi connectivity index (χ3n) is 9.99. The molecule has 8 nitrogen and oxygen atoms in total. The number of hydrogen-bond donors (Lipinski definition) is 3. The van der Waals surface area contributed by atoms with Crippen LogP contribution in [0.25, 0.3) is 0 Å². The molecule has 254 valence electrons. The van der Waals surface area contributed by atoms with Crippen molar-refractivity contribution in [2.75, 3.05) is 34.8 Å². The molecule has 3 N–H and O–H groups in total. The van der Waals surface area contributed by atoms with E-state index in [-0.39, 0.29) is 41.4 Å². The maximum Gasteiger partial charge on any atom is 0.416 e. The van der Waals surface area contributed by atoms with Crippen molar-refractivity contribution in [1.82, 2.24) is 10.6 Å². The molecule has 3 aromatic carbocycles. The summed E-state index contributed by atoms with van der Waals surface area (Å²) in [5.74, 6) is -1.02. The Bertz CT molecular complexity index is 1670. The minimum Gasteiger partial charge on any atom is -0.371 e. The molecule has 3 aliphatic heterocycles. The summed E-state index contributed by atoms with van der Waals surface area (Å²) < 4.78 is 42.0. The summed E-state index contributed by atoms with van der Waals surface area (Å²) in [6.07, 6.45) is -1.98. The number of carbonyl (C=O) groups is 3. The summed E-state index contributed by atoms with van der Waals surface area (Å²) in [5.41, 5.74) is 2.25. The molecule has 0 radical (unpaired) electrons. The second-order valence-corrected chi connectivity index (χ2v) is 13.5. The van der Waals surface area contributed by atoms with E-state index in [1.165, 1.54) is 13.0 Å². The van der Waals surface area contributed by atoms with Crippen LogP contribution in [-0.4, -0.2) is 55.5 Å². The third kappa shape index (κ3) is 7.21. The van der Waals surface area contributed by atoms with Crippen LogP contribution in [-0.2, 0) is 15.8 Å². The topological polar surface area (TPSA) is 93.8 Å². The summed E-state index contributed by atoms with van der Waals surface area (Å²) in [6, 6.07) is 18.8. The quantitative estimate of drug-likeness (QED) is 0.290. The first kappa shape index (κ1) is 33.5. The lowest BCUT2D eigenvalue weighted by Crippen LogP contribution is -2.59. The Labute approximate surface area is 279 Å². The highest BCUT2D eigenvalue weighted by Crippen LogP contribution is 2.42. The number of para-hydroxylation sites is 1. The lowest BCUT2D eigenvalue weighted by molar-refractivity contribution is -0.137. The summed E-state index contributed by atoms with van der Waals surface area (Å²) in [4.78, 5) is 43.1. The van der Waals surface area contributed by atoms with Crippen molar-refractivity contribution in [1.29, 1.82) is 0 Å². The average molecular weight is 662 g/mol. The van der Waals surface area contributed by atoms with Gasteiger partial charge in [0.25, 0.3) is 5.91 Å². The molecule has 6 rings (SSSR count). The Morgan fingerprint density at radius 1 is 0.938 bits per heavy atom. The van der Waals surface area contributed by atoms with Gasteiger partial charge in [-0.3, -0.25) is 14.4 Å². The van der Waals surface area contributed by atoms with Crippen molar-refractivity contribution in [2.24, 2.45) is 5.92 Å². The first-order valence-electron chi connectivity index (χ1n) is 16.6. The predicted octanol–water partition coefficient (Wildman–Crippen LogP) is 6.26. The van der Waals surface area contributed by atoms with Crippen molar-refractivity contribution >= 4 is 34.8 Å². The molecule has 3 saturated heterocycles. The maximum atomic E-state index is 14.3. The van der Waals surface area contributed by atoms with Crippen molar-refractivity contribution in [3.8, 4) is 0 Å². The van der Waals surface area contributed by atoms with Crippen LogP contribution in [0.15, 0.2) is 66.7 Å². The number of anilines is 3. The predicted molar refractivity (Wildman–Crippen MR) is 180 cm³/mol. The van der Waals surface area contributed by atoms with Gasteiger partial charge in [-0.05, 0) is 99.0 Å². The van der Waals surface area contributed by atoms with Crippen LogP contribution in [0.1, 0.15) is 72.5 Å². The second-order valence-electron chi connectivity index (χ2n) is 13.5. The molecule has 0 aliphatic carbocycles. The number of carbonyl (C=O) groups excluding carboxylic acids is 3. The summed E-state index contributed by atoms with van der Waals surface area (Å²) in [7, 11) is 0. The summed E-state index contributed by atoms with van der Waals surface area (Å²) in [6.45, 7) is 7.19. The lowest BCUT2D eigenvalue weighted by Gasteiger charge is -2.48. The molecule has 48 heavy (non-hydrogen) atoms. The van der Waals surface area contributed by atoms with Gasteiger partial charge in [0.05, 0.1) is 11.5 Å². The van der Waals surface area contributed by atoms with Gasteiger partial charge in [-0.15, -0.1) is 0 Å². The Balaban J connectivity index is 1.26. The molecule has 0 bridgehead atoms. The van der Waals surface area contributed by atoms with Crippen LogP contribution in [0.4, 0.5) is 30.2 Å². The number of aryl methyl sites for hydroxylation is 1. The zero-order chi connectivity index (χ0) is 34.2. The molecule has 3 aliphatic rings. The van der Waals surface area contributed by atoms with Crippen LogP contribution in [0, 0.1) is 12.8 Å². The third-order valence-corrected chi connectivity index (χ3v) is 9.99. The number of benzene rings is 3. The Kier molecular flexibility index (Phi) is 9.51. The number of halogens is 3. The van der Waals surface area contributed by atoms with E-state index in [9.17, 15) is 27.6 Å². The largest absolute Gasteiger partial charge is 0.416 e. The molecule has 4 unspecified atom stereocenters. The highest BCUT2D eigenvalue weighted by atomic mass is 19.4. The number of nitrogens with zero attached hydrogens (tertiary/aromatic N) is 2. The van der Waals surface area contributed by atoms with Gasteiger partial charge in [0.15, 0.2) is 0 Å². The first-order chi connectivity index (χ1) is 22.9. The average Bonchev–Trinajstić information content (AvgIpc) is 3.05. The highest BCUT2D eigenvalue weighted by Gasteiger charge is 2.45. The van der Waals surface area contributed by atoms with Crippen LogP contribution in [0.2, 0.25) is 0 Å². The van der Waals surface area contributed by atoms with Gasteiger partial charge < -0.3 is 25.8 Å². The van der Waals surface area contributed by atoms with E-state index < -0.39 is 23.6 Å². The molecule has 3 fully saturated rings. The molecule has 0 saturated carbocycles. The molecule has 3 aromatic rings. The highest BCUT2D eigenvalue weighted by molar-refractivity contribution is 6.05. The zero-order valence-electron chi connectivity index (χ0n) is 27.4. The summed E-state index contributed by atoms with van der Waals surface area (Å²) >= 11 is 0. The number of alkyl halides is 3. The standard InChI is InChI=1S/C37H42F3N5O3/c1-22-9-10-29(20-32(22)33-18-26-21-41-23(2)15-34(26)45(36(33)48)30-7-5-4-6-8-30)43-35(47)25-16-27(37(38,39)40)19-31(17-25)44-13-11-28(12-14-44)42-24(3)46/h4-10,16-17,19-20,23,26,28,33-34,41H,11-15,18,21H2,1-3H3,(H,42,46)(H,43,47). The molecule has 3 amide bonds. The van der Waals surface area contributed by atoms with E-state index in [2.05, 4.69) is 22.9 Å². The SMILES string of the molecule is CC(=O)NC1CCN(c2cc(C(=O)Nc3ccc(C)c(C4CC5CNC(C)CC5N(c5ccccc5)C4=O)c3)cc(C(F)(F)F)c2)CC1. The monoisotopic (exact) mass is 661 g/mol. The molecule has 0 aromatic heterocycles. The minimum atomic E-state index is -4.65. The van der Waals surface area contributed by atoms with E-state index in [1.807, 2.05) is 53.1 Å². The van der Waals surface area contributed by atoms with E-state index in [0.29, 0.717) is 43.7 Å². The van der Waals surface area contributed by atoms with Crippen molar-refractivity contribution < 1.29 is 27.6 Å². The number of hydrogen-bond acceptors (Lipinski definition) is 5. The molecular formula is C37H42F3N5O3. The van der Waals surface area contributed by atoms with Gasteiger partial charge >= 0.3 is 6.18 Å². The van der Waals surface area contributed by atoms with E-state index in [1.54, 1.807) is 12.1 Å². The second kappa shape index (κ2) is 13.6. The molecule has 0 spiro atoms. The normalized spacial score (nSPS) is 23.4. The molecule has 3 heterocycles. The Morgan fingerprint density at radius 3 is 2.35 bits per heavy atom. The van der Waals surface area contributed by atoms with Crippen molar-refractivity contribution in [2.45, 2.75) is 76.7 Å². The van der Waals surface area contributed by atoms with Gasteiger partial charge in [-0.2, -0.15) is 13.2 Å². The van der Waals surface area contributed by atoms with Crippen molar-refractivity contribution in [3.05, 3.63) is 89.0 Å². The number of nitrogens with one attached hydrogen (secondary N) is 3. The fourth-order valence-electron chi connectivity index (χ4n) is 7.54. The fraction of sp³-hybridized carbons (Fsp3) is 0.432.